The number of aliphatic hydroxyl groups is 1. The fraction of sp³-hybridized carbons (Fsp3) is 0.324. The highest BCUT2D eigenvalue weighted by molar-refractivity contribution is 5.88. The first-order valence-electron chi connectivity index (χ1n) is 14.4. The van der Waals surface area contributed by atoms with Crippen LogP contribution in [0.3, 0.4) is 0 Å². The van der Waals surface area contributed by atoms with Gasteiger partial charge in [0, 0.05) is 41.4 Å². The van der Waals surface area contributed by atoms with E-state index in [1.807, 2.05) is 54.0 Å². The van der Waals surface area contributed by atoms with E-state index in [1.54, 1.807) is 14.2 Å². The largest absolute Gasteiger partial charge is 0.497 e. The molecule has 8 nitrogen and oxygen atoms in total. The monoisotopic (exact) mass is 561 g/mol. The molecular weight excluding hydrogens is 526 g/mol. The summed E-state index contributed by atoms with van der Waals surface area (Å²) in [6, 6.07) is 15.9. The second-order valence-electron chi connectivity index (χ2n) is 10.9. The number of anilines is 1. The highest BCUT2D eigenvalue weighted by Gasteiger charge is 2.29. The summed E-state index contributed by atoms with van der Waals surface area (Å²) >= 11 is 0. The molecule has 8 heteroatoms. The van der Waals surface area contributed by atoms with Gasteiger partial charge in [0.05, 0.1) is 43.2 Å². The summed E-state index contributed by atoms with van der Waals surface area (Å²) in [5, 5.41) is 21.8. The number of methoxy groups -OCH3 is 2. The van der Waals surface area contributed by atoms with Crippen LogP contribution in [0.25, 0.3) is 16.9 Å². The van der Waals surface area contributed by atoms with Crippen LogP contribution in [0, 0.1) is 18.3 Å². The van der Waals surface area contributed by atoms with Crippen molar-refractivity contribution in [3.63, 3.8) is 0 Å². The molecule has 1 atom stereocenters. The molecule has 2 aromatic heterocycles. The zero-order chi connectivity index (χ0) is 29.2. The average Bonchev–Trinajstić information content (AvgIpc) is 3.37. The Hall–Kier alpha value is -4.61. The van der Waals surface area contributed by atoms with Crippen molar-refractivity contribution in [3.05, 3.63) is 94.3 Å². The third-order valence-electron chi connectivity index (χ3n) is 8.22. The molecule has 0 saturated heterocycles. The van der Waals surface area contributed by atoms with Crippen LogP contribution in [0.5, 0.6) is 11.5 Å². The van der Waals surface area contributed by atoms with Crippen LogP contribution in [-0.2, 0) is 13.0 Å². The van der Waals surface area contributed by atoms with E-state index < -0.39 is 6.10 Å². The van der Waals surface area contributed by atoms with Gasteiger partial charge in [0.25, 0.3) is 0 Å². The number of fused-ring (bicyclic) bond motifs is 2. The number of hydrogen-bond acceptors (Lipinski definition) is 7. The van der Waals surface area contributed by atoms with Crippen molar-refractivity contribution in [2.75, 3.05) is 25.7 Å². The van der Waals surface area contributed by atoms with Crippen LogP contribution in [0.2, 0.25) is 0 Å². The fourth-order valence-electron chi connectivity index (χ4n) is 6.11. The first kappa shape index (κ1) is 27.6. The summed E-state index contributed by atoms with van der Waals surface area (Å²) in [6.45, 7) is 3.24. The predicted octanol–water partition coefficient (Wildman–Crippen LogP) is 6.27. The molecule has 1 N–H and O–H groups in total. The van der Waals surface area contributed by atoms with Crippen LogP contribution in [0.4, 0.5) is 5.82 Å². The zero-order valence-corrected chi connectivity index (χ0v) is 24.3. The number of nitriles is 1. The van der Waals surface area contributed by atoms with E-state index in [0.717, 1.165) is 70.7 Å². The third kappa shape index (κ3) is 5.12. The molecule has 2 aliphatic carbocycles. The standard InChI is InChI=1S/C34H35N5O3/c1-22-17-28-24(19-35)11-7-13-29(28)39(22)34-36-32-27(12-8-14-30(32)40)33(37-34)38(20-23-9-5-4-6-10-23)21-25-15-16-26(41-2)18-31(25)42-3/h4-5,7,9,11,13,15-18,30,40H,6,8,10,12,14,20-21H2,1-3H3. The lowest BCUT2D eigenvalue weighted by molar-refractivity contribution is 0.151. The predicted molar refractivity (Wildman–Crippen MR) is 163 cm³/mol. The van der Waals surface area contributed by atoms with Gasteiger partial charge in [-0.05, 0) is 69.4 Å². The lowest BCUT2D eigenvalue weighted by Crippen LogP contribution is -2.30. The number of nitrogens with zero attached hydrogens (tertiary/aromatic N) is 5. The number of aryl methyl sites for hydroxylation is 1. The topological polar surface area (TPSA) is 96.4 Å². The second-order valence-corrected chi connectivity index (χ2v) is 10.9. The summed E-state index contributed by atoms with van der Waals surface area (Å²) in [4.78, 5) is 12.5. The van der Waals surface area contributed by atoms with Crippen molar-refractivity contribution in [2.24, 2.45) is 0 Å². The first-order chi connectivity index (χ1) is 20.5. The van der Waals surface area contributed by atoms with Gasteiger partial charge in [-0.2, -0.15) is 10.2 Å². The third-order valence-corrected chi connectivity index (χ3v) is 8.22. The molecule has 0 radical (unpaired) electrons. The van der Waals surface area contributed by atoms with E-state index in [-0.39, 0.29) is 0 Å². The minimum absolute atomic E-state index is 0.497. The van der Waals surface area contributed by atoms with Crippen molar-refractivity contribution in [1.82, 2.24) is 14.5 Å². The Morgan fingerprint density at radius 2 is 1.98 bits per heavy atom. The minimum atomic E-state index is -0.666. The van der Waals surface area contributed by atoms with Gasteiger partial charge in [-0.3, -0.25) is 4.57 Å². The molecule has 1 unspecified atom stereocenters. The van der Waals surface area contributed by atoms with Gasteiger partial charge >= 0.3 is 0 Å². The van der Waals surface area contributed by atoms with Crippen LogP contribution in [0.1, 0.15) is 59.9 Å². The Bertz CT molecular complexity index is 1750. The molecule has 0 amide bonds. The molecule has 4 aromatic rings. The number of aliphatic hydroxyl groups excluding tert-OH is 1. The molecule has 2 aromatic carbocycles. The molecular formula is C34H35N5O3. The van der Waals surface area contributed by atoms with Crippen molar-refractivity contribution >= 4 is 16.7 Å². The Morgan fingerprint density at radius 3 is 2.74 bits per heavy atom. The van der Waals surface area contributed by atoms with Crippen LogP contribution in [0.15, 0.2) is 66.3 Å². The highest BCUT2D eigenvalue weighted by atomic mass is 16.5. The molecule has 2 heterocycles. The fourth-order valence-corrected chi connectivity index (χ4v) is 6.11. The molecule has 6 rings (SSSR count). The molecule has 0 spiro atoms. The lowest BCUT2D eigenvalue weighted by Gasteiger charge is -2.32. The molecule has 2 aliphatic rings. The number of aromatic nitrogens is 3. The summed E-state index contributed by atoms with van der Waals surface area (Å²) < 4.78 is 13.2. The summed E-state index contributed by atoms with van der Waals surface area (Å²) in [6.07, 6.45) is 10.1. The Labute approximate surface area is 246 Å². The number of allylic oxidation sites excluding steroid dienone is 3. The van der Waals surface area contributed by atoms with Crippen molar-refractivity contribution in [1.29, 1.82) is 5.26 Å². The van der Waals surface area contributed by atoms with Gasteiger partial charge in [-0.15, -0.1) is 0 Å². The Morgan fingerprint density at radius 1 is 1.10 bits per heavy atom. The quantitative estimate of drug-likeness (QED) is 0.271. The lowest BCUT2D eigenvalue weighted by atomic mass is 9.93. The number of ether oxygens (including phenoxy) is 2. The number of benzene rings is 2. The maximum Gasteiger partial charge on any atom is 0.236 e. The van der Waals surface area contributed by atoms with E-state index in [1.165, 1.54) is 5.57 Å². The molecule has 0 bridgehead atoms. The van der Waals surface area contributed by atoms with Gasteiger partial charge in [0.1, 0.15) is 17.3 Å². The highest BCUT2D eigenvalue weighted by Crippen LogP contribution is 2.37. The van der Waals surface area contributed by atoms with Gasteiger partial charge in [-0.1, -0.05) is 29.9 Å². The molecule has 214 valence electrons. The number of hydrogen-bond donors (Lipinski definition) is 1. The van der Waals surface area contributed by atoms with Crippen molar-refractivity contribution in [3.8, 4) is 23.5 Å². The maximum absolute atomic E-state index is 11.2. The van der Waals surface area contributed by atoms with Crippen LogP contribution < -0.4 is 14.4 Å². The van der Waals surface area contributed by atoms with E-state index in [2.05, 4.69) is 29.2 Å². The summed E-state index contributed by atoms with van der Waals surface area (Å²) in [7, 11) is 3.32. The van der Waals surface area contributed by atoms with Gasteiger partial charge in [-0.25, -0.2) is 4.98 Å². The average molecular weight is 562 g/mol. The smallest absolute Gasteiger partial charge is 0.236 e. The van der Waals surface area contributed by atoms with Crippen LogP contribution in [-0.4, -0.2) is 40.4 Å². The van der Waals surface area contributed by atoms with Gasteiger partial charge in [0.2, 0.25) is 5.95 Å². The van der Waals surface area contributed by atoms with Crippen LogP contribution >= 0.6 is 0 Å². The van der Waals surface area contributed by atoms with E-state index in [4.69, 9.17) is 19.4 Å². The van der Waals surface area contributed by atoms with Crippen molar-refractivity contribution in [2.45, 2.75) is 51.7 Å². The van der Waals surface area contributed by atoms with Gasteiger partial charge < -0.3 is 19.5 Å². The normalized spacial score (nSPS) is 16.1. The second kappa shape index (κ2) is 11.7. The van der Waals surface area contributed by atoms with E-state index in [0.29, 0.717) is 36.7 Å². The van der Waals surface area contributed by atoms with E-state index in [9.17, 15) is 10.4 Å². The minimum Gasteiger partial charge on any atom is -0.497 e. The maximum atomic E-state index is 11.2. The molecule has 0 saturated carbocycles. The Kier molecular flexibility index (Phi) is 7.68. The van der Waals surface area contributed by atoms with Gasteiger partial charge in [0.15, 0.2) is 0 Å². The Balaban J connectivity index is 1.54. The molecule has 42 heavy (non-hydrogen) atoms. The number of rotatable bonds is 8. The molecule has 0 fully saturated rings. The summed E-state index contributed by atoms with van der Waals surface area (Å²) in [5.41, 5.74) is 6.40. The van der Waals surface area contributed by atoms with Crippen molar-refractivity contribution < 1.29 is 14.6 Å². The first-order valence-corrected chi connectivity index (χ1v) is 14.4. The zero-order valence-electron chi connectivity index (χ0n) is 24.3. The summed E-state index contributed by atoms with van der Waals surface area (Å²) in [5.74, 6) is 2.80. The molecule has 0 aliphatic heterocycles. The SMILES string of the molecule is COc1ccc(CN(CC2=CC=CCC2)c2nc(-n3c(C)cc4c(C#N)cccc43)nc3c2CCCC3O)c(OC)c1. The van der Waals surface area contributed by atoms with E-state index >= 15 is 0 Å².